The summed E-state index contributed by atoms with van der Waals surface area (Å²) in [5.74, 6) is 1.40. The van der Waals surface area contributed by atoms with Crippen LogP contribution in [0, 0.1) is 11.8 Å². The second kappa shape index (κ2) is 10.1. The van der Waals surface area contributed by atoms with Crippen LogP contribution in [-0.4, -0.2) is 22.4 Å². The normalized spacial score (nSPS) is 19.7. The van der Waals surface area contributed by atoms with Crippen LogP contribution < -0.4 is 11.1 Å². The number of rotatable bonds is 7. The van der Waals surface area contributed by atoms with Crippen LogP contribution in [0.1, 0.15) is 43.1 Å². The Morgan fingerprint density at radius 3 is 2.52 bits per heavy atom. The van der Waals surface area contributed by atoms with Crippen LogP contribution in [0.15, 0.2) is 60.8 Å². The molecule has 1 saturated carbocycles. The summed E-state index contributed by atoms with van der Waals surface area (Å²) in [6.07, 6.45) is 6.28. The Bertz CT molecular complexity index is 996. The fourth-order valence-electron chi connectivity index (χ4n) is 4.32. The SMILES string of the molecule is NCC1CCC(C(=O)NC(Cc2ccccc2Cl)c2nc(-c3ccccc3)c[nH]2)CC1. The first-order valence-corrected chi connectivity index (χ1v) is 11.4. The Morgan fingerprint density at radius 1 is 1.10 bits per heavy atom. The van der Waals surface area contributed by atoms with Gasteiger partial charge in [0.25, 0.3) is 0 Å². The number of imidazole rings is 1. The van der Waals surface area contributed by atoms with Gasteiger partial charge in [-0.05, 0) is 49.8 Å². The molecule has 1 unspecified atom stereocenters. The van der Waals surface area contributed by atoms with Crippen molar-refractivity contribution in [1.29, 1.82) is 0 Å². The summed E-state index contributed by atoms with van der Waals surface area (Å²) in [5.41, 5.74) is 8.69. The molecule has 1 aromatic heterocycles. The van der Waals surface area contributed by atoms with Crippen molar-refractivity contribution in [2.75, 3.05) is 6.54 Å². The molecule has 1 aliphatic carbocycles. The number of nitrogens with one attached hydrogen (secondary N) is 2. The van der Waals surface area contributed by atoms with Crippen molar-refractivity contribution in [3.63, 3.8) is 0 Å². The van der Waals surface area contributed by atoms with Gasteiger partial charge in [-0.1, -0.05) is 60.1 Å². The van der Waals surface area contributed by atoms with E-state index in [-0.39, 0.29) is 17.9 Å². The number of hydrogen-bond donors (Lipinski definition) is 3. The van der Waals surface area contributed by atoms with E-state index in [1.54, 1.807) is 0 Å². The molecule has 4 N–H and O–H groups in total. The summed E-state index contributed by atoms with van der Waals surface area (Å²) >= 11 is 6.42. The predicted molar refractivity (Wildman–Crippen MR) is 125 cm³/mol. The molecule has 1 aliphatic rings. The van der Waals surface area contributed by atoms with E-state index in [4.69, 9.17) is 22.3 Å². The topological polar surface area (TPSA) is 83.8 Å². The van der Waals surface area contributed by atoms with Gasteiger partial charge in [-0.2, -0.15) is 0 Å². The summed E-state index contributed by atoms with van der Waals surface area (Å²) in [6, 6.07) is 17.5. The fourth-order valence-corrected chi connectivity index (χ4v) is 4.53. The van der Waals surface area contributed by atoms with E-state index in [0.717, 1.165) is 48.3 Å². The number of hydrogen-bond acceptors (Lipinski definition) is 3. The molecule has 3 aromatic rings. The number of nitrogens with two attached hydrogens (primary N) is 1. The molecule has 1 heterocycles. The van der Waals surface area contributed by atoms with Crippen molar-refractivity contribution in [2.45, 2.75) is 38.1 Å². The Labute approximate surface area is 188 Å². The first-order valence-electron chi connectivity index (χ1n) is 11.0. The van der Waals surface area contributed by atoms with Crippen LogP contribution in [0.2, 0.25) is 5.02 Å². The van der Waals surface area contributed by atoms with Crippen molar-refractivity contribution in [2.24, 2.45) is 17.6 Å². The lowest BCUT2D eigenvalue weighted by Gasteiger charge is -2.28. The average Bonchev–Trinajstić information content (AvgIpc) is 3.31. The zero-order chi connectivity index (χ0) is 21.6. The molecule has 31 heavy (non-hydrogen) atoms. The van der Waals surface area contributed by atoms with E-state index in [2.05, 4.69) is 10.3 Å². The zero-order valence-corrected chi connectivity index (χ0v) is 18.3. The smallest absolute Gasteiger partial charge is 0.223 e. The summed E-state index contributed by atoms with van der Waals surface area (Å²) in [5, 5.41) is 3.95. The highest BCUT2D eigenvalue weighted by Crippen LogP contribution is 2.30. The predicted octanol–water partition coefficient (Wildman–Crippen LogP) is 4.90. The van der Waals surface area contributed by atoms with E-state index in [0.29, 0.717) is 23.9 Å². The maximum absolute atomic E-state index is 13.1. The number of aromatic nitrogens is 2. The molecule has 1 fully saturated rings. The summed E-state index contributed by atoms with van der Waals surface area (Å²) in [4.78, 5) is 21.2. The minimum Gasteiger partial charge on any atom is -0.346 e. The van der Waals surface area contributed by atoms with Gasteiger partial charge in [0.1, 0.15) is 5.82 Å². The Kier molecular flexibility index (Phi) is 7.05. The minimum atomic E-state index is -0.280. The number of benzene rings is 2. The molecular weight excluding hydrogens is 408 g/mol. The number of amides is 1. The van der Waals surface area contributed by atoms with Gasteiger partial charge in [0.05, 0.1) is 11.7 Å². The summed E-state index contributed by atoms with van der Waals surface area (Å²) in [6.45, 7) is 0.706. The first-order chi connectivity index (χ1) is 15.1. The van der Waals surface area contributed by atoms with Crippen molar-refractivity contribution in [3.8, 4) is 11.3 Å². The highest BCUT2D eigenvalue weighted by Gasteiger charge is 2.28. The quantitative estimate of drug-likeness (QED) is 0.492. The number of nitrogens with zero attached hydrogens (tertiary/aromatic N) is 1. The molecule has 6 heteroatoms. The maximum Gasteiger partial charge on any atom is 0.223 e. The third-order valence-corrected chi connectivity index (χ3v) is 6.62. The number of halogens is 1. The van der Waals surface area contributed by atoms with Crippen molar-refractivity contribution >= 4 is 17.5 Å². The van der Waals surface area contributed by atoms with E-state index >= 15 is 0 Å². The first kappa shape index (κ1) is 21.6. The standard InChI is InChI=1S/C25H29ClN4O/c26-21-9-5-4-8-20(21)14-22(30-25(31)19-12-10-17(15-27)11-13-19)24-28-16-23(29-24)18-6-2-1-3-7-18/h1-9,16-17,19,22H,10-15,27H2,(H,28,29)(H,30,31). The van der Waals surface area contributed by atoms with E-state index in [1.807, 2.05) is 60.8 Å². The minimum absolute atomic E-state index is 0.0279. The lowest BCUT2D eigenvalue weighted by Crippen LogP contribution is -2.37. The Hall–Kier alpha value is -2.63. The maximum atomic E-state index is 13.1. The number of carbonyl (C=O) groups is 1. The summed E-state index contributed by atoms with van der Waals surface area (Å²) in [7, 11) is 0. The summed E-state index contributed by atoms with van der Waals surface area (Å²) < 4.78 is 0. The van der Waals surface area contributed by atoms with Gasteiger partial charge in [0.2, 0.25) is 5.91 Å². The number of aromatic amines is 1. The van der Waals surface area contributed by atoms with Crippen LogP contribution in [0.3, 0.4) is 0 Å². The molecule has 2 aromatic carbocycles. The molecule has 1 amide bonds. The van der Waals surface area contributed by atoms with Crippen molar-refractivity contribution in [1.82, 2.24) is 15.3 Å². The van der Waals surface area contributed by atoms with E-state index < -0.39 is 0 Å². The van der Waals surface area contributed by atoms with Gasteiger partial charge in [-0.3, -0.25) is 4.79 Å². The lowest BCUT2D eigenvalue weighted by atomic mass is 9.81. The van der Waals surface area contributed by atoms with Crippen molar-refractivity contribution in [3.05, 3.63) is 77.2 Å². The van der Waals surface area contributed by atoms with Gasteiger partial charge in [-0.15, -0.1) is 0 Å². The third kappa shape index (κ3) is 5.35. The molecule has 0 bridgehead atoms. The third-order valence-electron chi connectivity index (χ3n) is 6.25. The lowest BCUT2D eigenvalue weighted by molar-refractivity contribution is -0.127. The van der Waals surface area contributed by atoms with Gasteiger partial charge in [-0.25, -0.2) is 4.98 Å². The highest BCUT2D eigenvalue weighted by molar-refractivity contribution is 6.31. The number of carbonyl (C=O) groups excluding carboxylic acids is 1. The monoisotopic (exact) mass is 436 g/mol. The molecule has 0 saturated heterocycles. The molecule has 162 valence electrons. The highest BCUT2D eigenvalue weighted by atomic mass is 35.5. The Morgan fingerprint density at radius 2 is 1.81 bits per heavy atom. The Balaban J connectivity index is 1.54. The van der Waals surface area contributed by atoms with Crippen LogP contribution in [0.4, 0.5) is 0 Å². The average molecular weight is 437 g/mol. The second-order valence-corrected chi connectivity index (χ2v) is 8.75. The van der Waals surface area contributed by atoms with Crippen LogP contribution in [0.5, 0.6) is 0 Å². The van der Waals surface area contributed by atoms with E-state index in [9.17, 15) is 4.79 Å². The van der Waals surface area contributed by atoms with Gasteiger partial charge in [0, 0.05) is 29.1 Å². The molecular formula is C25H29ClN4O. The molecule has 0 spiro atoms. The van der Waals surface area contributed by atoms with Crippen LogP contribution in [0.25, 0.3) is 11.3 Å². The largest absolute Gasteiger partial charge is 0.346 e. The van der Waals surface area contributed by atoms with Gasteiger partial charge >= 0.3 is 0 Å². The molecule has 0 radical (unpaired) electrons. The molecule has 0 aliphatic heterocycles. The van der Waals surface area contributed by atoms with Crippen LogP contribution in [-0.2, 0) is 11.2 Å². The molecule has 4 rings (SSSR count). The molecule has 1 atom stereocenters. The van der Waals surface area contributed by atoms with Gasteiger partial charge < -0.3 is 16.0 Å². The van der Waals surface area contributed by atoms with Gasteiger partial charge in [0.15, 0.2) is 0 Å². The van der Waals surface area contributed by atoms with Crippen LogP contribution >= 0.6 is 11.6 Å². The zero-order valence-electron chi connectivity index (χ0n) is 17.6. The second-order valence-electron chi connectivity index (χ2n) is 8.35. The number of H-pyrrole nitrogens is 1. The fraction of sp³-hybridized carbons (Fsp3) is 0.360. The van der Waals surface area contributed by atoms with Crippen molar-refractivity contribution < 1.29 is 4.79 Å². The van der Waals surface area contributed by atoms with E-state index in [1.165, 1.54) is 0 Å². The molecule has 5 nitrogen and oxygen atoms in total.